The van der Waals surface area contributed by atoms with Crippen LogP contribution in [0.5, 0.6) is 0 Å². The van der Waals surface area contributed by atoms with E-state index < -0.39 is 0 Å². The van der Waals surface area contributed by atoms with Crippen LogP contribution in [0.25, 0.3) is 5.65 Å². The Labute approximate surface area is 133 Å². The monoisotopic (exact) mass is 312 g/mol. The van der Waals surface area contributed by atoms with E-state index in [1.165, 1.54) is 16.7 Å². The number of likely N-dealkylation sites (N-methyl/N-ethyl adjacent to an activating group) is 1. The largest absolute Gasteiger partial charge is 0.337 e. The van der Waals surface area contributed by atoms with E-state index >= 15 is 0 Å². The van der Waals surface area contributed by atoms with Crippen molar-refractivity contribution in [3.63, 3.8) is 0 Å². The normalized spacial score (nSPS) is 10.9. The number of carbonyl (C=O) groups excluding carboxylic acids is 1. The Kier molecular flexibility index (Phi) is 4.32. The van der Waals surface area contributed by atoms with Crippen molar-refractivity contribution in [1.29, 1.82) is 0 Å². The summed E-state index contributed by atoms with van der Waals surface area (Å²) in [5.41, 5.74) is 2.01. The lowest BCUT2D eigenvalue weighted by Gasteiger charge is -2.19. The topological polar surface area (TPSA) is 50.5 Å². The molecule has 0 radical (unpaired) electrons. The van der Waals surface area contributed by atoms with Gasteiger partial charge in [0.05, 0.1) is 0 Å². The van der Waals surface area contributed by atoms with Gasteiger partial charge in [0.15, 0.2) is 0 Å². The molecule has 0 fully saturated rings. The number of hydrogen-bond acceptors (Lipinski definition) is 3. The lowest BCUT2D eigenvalue weighted by Crippen LogP contribution is -2.33. The minimum Gasteiger partial charge on any atom is -0.337 e. The number of amides is 1. The maximum Gasteiger partial charge on any atom is 0.274 e. The quantitative estimate of drug-likeness (QED) is 0.727. The number of hydrogen-bond donors (Lipinski definition) is 0. The van der Waals surface area contributed by atoms with Crippen LogP contribution in [0.3, 0.4) is 0 Å². The lowest BCUT2D eigenvalue weighted by molar-refractivity contribution is 0.0761. The summed E-state index contributed by atoms with van der Waals surface area (Å²) in [6.45, 7) is 3.12. The van der Waals surface area contributed by atoms with Crippen molar-refractivity contribution in [2.45, 2.75) is 13.3 Å². The molecule has 0 spiro atoms. The fraction of sp³-hybridized carbons (Fsp3) is 0.235. The van der Waals surface area contributed by atoms with Gasteiger partial charge in [-0.25, -0.2) is 9.37 Å². The van der Waals surface area contributed by atoms with E-state index in [0.717, 1.165) is 12.0 Å². The molecule has 3 aromatic rings. The fourth-order valence-corrected chi connectivity index (χ4v) is 2.45. The van der Waals surface area contributed by atoms with Crippen LogP contribution in [0.15, 0.2) is 49.1 Å². The molecule has 0 aromatic carbocycles. The Balaban J connectivity index is 1.75. The van der Waals surface area contributed by atoms with Crippen molar-refractivity contribution in [3.05, 3.63) is 66.1 Å². The molecule has 0 aliphatic carbocycles. The number of carbonyl (C=O) groups is 1. The Morgan fingerprint density at radius 3 is 2.74 bits per heavy atom. The average molecular weight is 312 g/mol. The van der Waals surface area contributed by atoms with E-state index in [9.17, 15) is 9.18 Å². The zero-order valence-corrected chi connectivity index (χ0v) is 12.8. The van der Waals surface area contributed by atoms with Crippen LogP contribution >= 0.6 is 0 Å². The minimum atomic E-state index is -0.362. The van der Waals surface area contributed by atoms with Crippen LogP contribution in [0.1, 0.15) is 23.0 Å². The number of halogens is 1. The first-order valence-electron chi connectivity index (χ1n) is 7.50. The molecule has 0 bridgehead atoms. The van der Waals surface area contributed by atoms with Crippen LogP contribution in [-0.4, -0.2) is 38.3 Å². The molecule has 0 saturated carbocycles. The maximum atomic E-state index is 13.2. The average Bonchev–Trinajstić information content (AvgIpc) is 2.99. The van der Waals surface area contributed by atoms with Gasteiger partial charge in [0.2, 0.25) is 0 Å². The molecule has 3 rings (SSSR count). The fourth-order valence-electron chi connectivity index (χ4n) is 2.45. The molecule has 1 amide bonds. The molecule has 3 heterocycles. The number of rotatable bonds is 5. The first-order chi connectivity index (χ1) is 11.2. The molecular weight excluding hydrogens is 295 g/mol. The molecule has 0 atom stereocenters. The van der Waals surface area contributed by atoms with E-state index in [2.05, 4.69) is 9.97 Å². The van der Waals surface area contributed by atoms with Crippen molar-refractivity contribution >= 4 is 11.6 Å². The van der Waals surface area contributed by atoms with Crippen LogP contribution in [0.2, 0.25) is 0 Å². The number of nitrogens with zero attached hydrogens (tertiary/aromatic N) is 4. The van der Waals surface area contributed by atoms with Gasteiger partial charge in [-0.15, -0.1) is 0 Å². The predicted molar refractivity (Wildman–Crippen MR) is 84.7 cm³/mol. The molecule has 0 aliphatic rings. The SMILES string of the molecule is CCN(CCc1ccncc1)C(=O)c1cn2cc(F)ccc2n1. The number of fused-ring (bicyclic) bond motifs is 1. The van der Waals surface area contributed by atoms with E-state index in [-0.39, 0.29) is 11.7 Å². The van der Waals surface area contributed by atoms with Crippen LogP contribution in [0, 0.1) is 5.82 Å². The molecule has 0 aliphatic heterocycles. The molecule has 5 nitrogen and oxygen atoms in total. The van der Waals surface area contributed by atoms with Crippen molar-refractivity contribution in [1.82, 2.24) is 19.3 Å². The molecule has 23 heavy (non-hydrogen) atoms. The zero-order valence-electron chi connectivity index (χ0n) is 12.8. The third-order valence-corrected chi connectivity index (χ3v) is 3.72. The third kappa shape index (κ3) is 3.36. The molecule has 0 saturated heterocycles. The standard InChI is InChI=1S/C17H17FN4O/c1-2-21(10-7-13-5-8-19-9-6-13)17(23)15-12-22-11-14(18)3-4-16(22)20-15/h3-6,8-9,11-12H,2,7,10H2,1H3. The van der Waals surface area contributed by atoms with Gasteiger partial charge in [0.1, 0.15) is 17.2 Å². The zero-order chi connectivity index (χ0) is 16.2. The minimum absolute atomic E-state index is 0.148. The lowest BCUT2D eigenvalue weighted by atomic mass is 10.2. The highest BCUT2D eigenvalue weighted by Gasteiger charge is 2.17. The summed E-state index contributed by atoms with van der Waals surface area (Å²) in [5, 5.41) is 0. The van der Waals surface area contributed by atoms with Gasteiger partial charge in [-0.05, 0) is 43.2 Å². The summed E-state index contributed by atoms with van der Waals surface area (Å²) in [4.78, 5) is 22.6. The molecule has 6 heteroatoms. The van der Waals surface area contributed by atoms with E-state index in [0.29, 0.717) is 24.4 Å². The van der Waals surface area contributed by atoms with Crippen LogP contribution in [0.4, 0.5) is 4.39 Å². The summed E-state index contributed by atoms with van der Waals surface area (Å²) in [5.74, 6) is -0.510. The maximum absolute atomic E-state index is 13.2. The van der Waals surface area contributed by atoms with Crippen molar-refractivity contribution in [3.8, 4) is 0 Å². The Morgan fingerprint density at radius 1 is 1.22 bits per heavy atom. The van der Waals surface area contributed by atoms with Crippen molar-refractivity contribution in [2.75, 3.05) is 13.1 Å². The van der Waals surface area contributed by atoms with E-state index in [1.54, 1.807) is 29.6 Å². The Bertz CT molecular complexity index is 816. The first-order valence-corrected chi connectivity index (χ1v) is 7.50. The number of aromatic nitrogens is 3. The van der Waals surface area contributed by atoms with Crippen LogP contribution in [-0.2, 0) is 6.42 Å². The van der Waals surface area contributed by atoms with Gasteiger partial charge < -0.3 is 9.30 Å². The molecular formula is C17H17FN4O. The van der Waals surface area contributed by atoms with Gasteiger partial charge in [-0.3, -0.25) is 9.78 Å². The smallest absolute Gasteiger partial charge is 0.274 e. The van der Waals surface area contributed by atoms with Gasteiger partial charge in [-0.1, -0.05) is 0 Å². The molecule has 3 aromatic heterocycles. The summed E-state index contributed by atoms with van der Waals surface area (Å²) in [6, 6.07) is 6.76. The second-order valence-corrected chi connectivity index (χ2v) is 5.23. The molecule has 0 unspecified atom stereocenters. The second-order valence-electron chi connectivity index (χ2n) is 5.23. The Morgan fingerprint density at radius 2 is 2.00 bits per heavy atom. The molecule has 118 valence electrons. The summed E-state index contributed by atoms with van der Waals surface area (Å²) in [7, 11) is 0. The van der Waals surface area contributed by atoms with Gasteiger partial charge in [-0.2, -0.15) is 0 Å². The van der Waals surface area contributed by atoms with Gasteiger partial charge in [0, 0.05) is 37.9 Å². The summed E-state index contributed by atoms with van der Waals surface area (Å²) >= 11 is 0. The summed E-state index contributed by atoms with van der Waals surface area (Å²) < 4.78 is 14.8. The van der Waals surface area contributed by atoms with Gasteiger partial charge >= 0.3 is 0 Å². The highest BCUT2D eigenvalue weighted by Crippen LogP contribution is 2.10. The summed E-state index contributed by atoms with van der Waals surface area (Å²) in [6.07, 6.45) is 7.11. The van der Waals surface area contributed by atoms with Crippen molar-refractivity contribution < 1.29 is 9.18 Å². The number of imidazole rings is 1. The third-order valence-electron chi connectivity index (χ3n) is 3.72. The highest BCUT2D eigenvalue weighted by atomic mass is 19.1. The first kappa shape index (κ1) is 15.1. The van der Waals surface area contributed by atoms with Crippen molar-refractivity contribution in [2.24, 2.45) is 0 Å². The molecule has 0 N–H and O–H groups in total. The van der Waals surface area contributed by atoms with Gasteiger partial charge in [0.25, 0.3) is 5.91 Å². The Hall–Kier alpha value is -2.76. The van der Waals surface area contributed by atoms with E-state index in [1.807, 2.05) is 19.1 Å². The second kappa shape index (κ2) is 6.56. The predicted octanol–water partition coefficient (Wildman–Crippen LogP) is 2.57. The van der Waals surface area contributed by atoms with E-state index in [4.69, 9.17) is 0 Å². The highest BCUT2D eigenvalue weighted by molar-refractivity contribution is 5.92. The number of pyridine rings is 2. The van der Waals surface area contributed by atoms with Crippen LogP contribution < -0.4 is 0 Å².